The molecule has 2 rings (SSSR count). The van der Waals surface area contributed by atoms with Crippen molar-refractivity contribution in [1.82, 2.24) is 14.8 Å². The van der Waals surface area contributed by atoms with Crippen molar-refractivity contribution in [2.24, 2.45) is 5.92 Å². The number of aromatic nitrogens is 3. The number of nitrogens with two attached hydrogens (primary N) is 1. The standard InChI is InChI=1S/C11H16N4/c1-7(2)6-15-11-10(8(3)14-15)4-9(12)5-13-11/h4-5,7H,6,12H2,1-3H3. The summed E-state index contributed by atoms with van der Waals surface area (Å²) in [6.45, 7) is 7.21. The lowest BCUT2D eigenvalue weighted by molar-refractivity contribution is 0.490. The second-order valence-corrected chi connectivity index (χ2v) is 4.30. The summed E-state index contributed by atoms with van der Waals surface area (Å²) in [6.07, 6.45) is 1.68. The monoisotopic (exact) mass is 204 g/mol. The van der Waals surface area contributed by atoms with E-state index in [1.165, 1.54) is 0 Å². The highest BCUT2D eigenvalue weighted by Gasteiger charge is 2.09. The van der Waals surface area contributed by atoms with Gasteiger partial charge in [-0.1, -0.05) is 13.8 Å². The number of nitrogens with zero attached hydrogens (tertiary/aromatic N) is 3. The van der Waals surface area contributed by atoms with Gasteiger partial charge in [0.1, 0.15) is 0 Å². The van der Waals surface area contributed by atoms with Crippen molar-refractivity contribution in [2.75, 3.05) is 5.73 Å². The molecule has 2 aromatic rings. The normalized spacial score (nSPS) is 11.5. The van der Waals surface area contributed by atoms with E-state index >= 15 is 0 Å². The summed E-state index contributed by atoms with van der Waals surface area (Å²) in [6, 6.07) is 1.93. The fraction of sp³-hybridized carbons (Fsp3) is 0.455. The van der Waals surface area contributed by atoms with Gasteiger partial charge in [-0.05, 0) is 18.9 Å². The van der Waals surface area contributed by atoms with Gasteiger partial charge in [0, 0.05) is 11.9 Å². The summed E-state index contributed by atoms with van der Waals surface area (Å²) in [5.74, 6) is 0.562. The van der Waals surface area contributed by atoms with Gasteiger partial charge < -0.3 is 5.73 Å². The number of anilines is 1. The molecule has 0 radical (unpaired) electrons. The molecule has 2 heterocycles. The van der Waals surface area contributed by atoms with Crippen molar-refractivity contribution in [2.45, 2.75) is 27.3 Å². The maximum atomic E-state index is 5.70. The molecule has 0 aromatic carbocycles. The predicted octanol–water partition coefficient (Wildman–Crippen LogP) is 1.98. The van der Waals surface area contributed by atoms with Gasteiger partial charge in [-0.3, -0.25) is 0 Å². The lowest BCUT2D eigenvalue weighted by atomic mass is 10.2. The number of hydrogen-bond donors (Lipinski definition) is 1. The maximum Gasteiger partial charge on any atom is 0.158 e. The molecule has 80 valence electrons. The van der Waals surface area contributed by atoms with Crippen LogP contribution in [-0.4, -0.2) is 14.8 Å². The van der Waals surface area contributed by atoms with Crippen LogP contribution in [0.1, 0.15) is 19.5 Å². The molecule has 0 bridgehead atoms. The van der Waals surface area contributed by atoms with Crippen molar-refractivity contribution < 1.29 is 0 Å². The molecular formula is C11H16N4. The van der Waals surface area contributed by atoms with Crippen LogP contribution in [0.15, 0.2) is 12.3 Å². The molecule has 0 aliphatic heterocycles. The second kappa shape index (κ2) is 3.53. The fourth-order valence-corrected chi connectivity index (χ4v) is 1.70. The van der Waals surface area contributed by atoms with Crippen molar-refractivity contribution in [1.29, 1.82) is 0 Å². The Kier molecular flexibility index (Phi) is 2.34. The zero-order valence-corrected chi connectivity index (χ0v) is 9.36. The van der Waals surface area contributed by atoms with E-state index in [0.29, 0.717) is 11.6 Å². The van der Waals surface area contributed by atoms with Crippen molar-refractivity contribution in [3.63, 3.8) is 0 Å². The molecule has 4 heteroatoms. The van der Waals surface area contributed by atoms with E-state index in [9.17, 15) is 0 Å². The molecule has 2 aromatic heterocycles. The molecule has 0 saturated carbocycles. The Balaban J connectivity index is 2.57. The Labute approximate surface area is 89.1 Å². The topological polar surface area (TPSA) is 56.7 Å². The van der Waals surface area contributed by atoms with Crippen molar-refractivity contribution in [3.8, 4) is 0 Å². The average Bonchev–Trinajstić information content (AvgIpc) is 2.42. The highest BCUT2D eigenvalue weighted by molar-refractivity contribution is 5.80. The largest absolute Gasteiger partial charge is 0.397 e. The van der Waals surface area contributed by atoms with Gasteiger partial charge in [0.05, 0.1) is 17.6 Å². The summed E-state index contributed by atoms with van der Waals surface area (Å²) in [5, 5.41) is 5.52. The maximum absolute atomic E-state index is 5.70. The van der Waals surface area contributed by atoms with E-state index in [1.807, 2.05) is 17.7 Å². The van der Waals surface area contributed by atoms with Crippen LogP contribution in [0.2, 0.25) is 0 Å². The van der Waals surface area contributed by atoms with Crippen LogP contribution in [0.5, 0.6) is 0 Å². The van der Waals surface area contributed by atoms with Crippen LogP contribution in [0.4, 0.5) is 5.69 Å². The Bertz CT molecular complexity index is 485. The van der Waals surface area contributed by atoms with E-state index in [1.54, 1.807) is 6.20 Å². The Morgan fingerprint density at radius 1 is 1.47 bits per heavy atom. The Hall–Kier alpha value is -1.58. The Morgan fingerprint density at radius 3 is 2.87 bits per heavy atom. The first-order valence-corrected chi connectivity index (χ1v) is 5.16. The number of aryl methyl sites for hydroxylation is 1. The summed E-state index contributed by atoms with van der Waals surface area (Å²) >= 11 is 0. The van der Waals surface area contributed by atoms with Crippen LogP contribution in [0, 0.1) is 12.8 Å². The average molecular weight is 204 g/mol. The molecular weight excluding hydrogens is 188 g/mol. The van der Waals surface area contributed by atoms with Crippen LogP contribution >= 0.6 is 0 Å². The van der Waals surface area contributed by atoms with E-state index in [4.69, 9.17) is 5.73 Å². The van der Waals surface area contributed by atoms with Gasteiger partial charge in [0.2, 0.25) is 0 Å². The van der Waals surface area contributed by atoms with Crippen molar-refractivity contribution >= 4 is 16.7 Å². The minimum absolute atomic E-state index is 0.562. The third-order valence-corrected chi connectivity index (χ3v) is 2.33. The van der Waals surface area contributed by atoms with Crippen LogP contribution in [-0.2, 0) is 6.54 Å². The van der Waals surface area contributed by atoms with Gasteiger partial charge in [0.25, 0.3) is 0 Å². The zero-order valence-electron chi connectivity index (χ0n) is 9.36. The summed E-state index contributed by atoms with van der Waals surface area (Å²) in [5.41, 5.74) is 8.31. The van der Waals surface area contributed by atoms with E-state index in [-0.39, 0.29) is 0 Å². The highest BCUT2D eigenvalue weighted by Crippen LogP contribution is 2.19. The third kappa shape index (κ3) is 1.79. The van der Waals surface area contributed by atoms with E-state index in [0.717, 1.165) is 23.3 Å². The molecule has 0 aliphatic carbocycles. The van der Waals surface area contributed by atoms with E-state index in [2.05, 4.69) is 23.9 Å². The van der Waals surface area contributed by atoms with Gasteiger partial charge in [-0.25, -0.2) is 9.67 Å². The zero-order chi connectivity index (χ0) is 11.0. The molecule has 4 nitrogen and oxygen atoms in total. The van der Waals surface area contributed by atoms with E-state index < -0.39 is 0 Å². The molecule has 0 fully saturated rings. The second-order valence-electron chi connectivity index (χ2n) is 4.30. The first-order valence-electron chi connectivity index (χ1n) is 5.16. The molecule has 0 atom stereocenters. The van der Waals surface area contributed by atoms with Crippen LogP contribution in [0.25, 0.3) is 11.0 Å². The highest BCUT2D eigenvalue weighted by atomic mass is 15.3. The third-order valence-electron chi connectivity index (χ3n) is 2.33. The van der Waals surface area contributed by atoms with Gasteiger partial charge in [-0.15, -0.1) is 0 Å². The SMILES string of the molecule is Cc1nn(CC(C)C)c2ncc(N)cc12. The molecule has 0 spiro atoms. The number of pyridine rings is 1. The first-order chi connectivity index (χ1) is 7.08. The van der Waals surface area contributed by atoms with Gasteiger partial charge in [-0.2, -0.15) is 5.10 Å². The van der Waals surface area contributed by atoms with Gasteiger partial charge >= 0.3 is 0 Å². The number of hydrogen-bond acceptors (Lipinski definition) is 3. The number of nitrogen functional groups attached to an aromatic ring is 1. The Morgan fingerprint density at radius 2 is 2.20 bits per heavy atom. The lowest BCUT2D eigenvalue weighted by Gasteiger charge is -2.05. The molecule has 0 saturated heterocycles. The van der Waals surface area contributed by atoms with Crippen molar-refractivity contribution in [3.05, 3.63) is 18.0 Å². The number of rotatable bonds is 2. The summed E-state index contributed by atoms with van der Waals surface area (Å²) in [4.78, 5) is 4.33. The van der Waals surface area contributed by atoms with Crippen LogP contribution < -0.4 is 5.73 Å². The summed E-state index contributed by atoms with van der Waals surface area (Å²) in [7, 11) is 0. The lowest BCUT2D eigenvalue weighted by Crippen LogP contribution is -2.06. The summed E-state index contributed by atoms with van der Waals surface area (Å²) < 4.78 is 1.95. The molecule has 0 amide bonds. The fourth-order valence-electron chi connectivity index (χ4n) is 1.70. The van der Waals surface area contributed by atoms with Gasteiger partial charge in [0.15, 0.2) is 5.65 Å². The smallest absolute Gasteiger partial charge is 0.158 e. The molecule has 0 unspecified atom stereocenters. The predicted molar refractivity (Wildman–Crippen MR) is 61.5 cm³/mol. The first kappa shape index (κ1) is 9.96. The molecule has 15 heavy (non-hydrogen) atoms. The molecule has 2 N–H and O–H groups in total. The van der Waals surface area contributed by atoms with Crippen LogP contribution in [0.3, 0.4) is 0 Å². The molecule has 0 aliphatic rings. The number of fused-ring (bicyclic) bond motifs is 1. The minimum atomic E-state index is 0.562. The quantitative estimate of drug-likeness (QED) is 0.813. The minimum Gasteiger partial charge on any atom is -0.397 e.